The lowest BCUT2D eigenvalue weighted by molar-refractivity contribution is -0.116. The van der Waals surface area contributed by atoms with E-state index in [4.69, 9.17) is 0 Å². The van der Waals surface area contributed by atoms with Gasteiger partial charge in [-0.3, -0.25) is 4.79 Å². The predicted octanol–water partition coefficient (Wildman–Crippen LogP) is 3.58. The molecular weight excluding hydrogens is 360 g/mol. The summed E-state index contributed by atoms with van der Waals surface area (Å²) >= 11 is 0. The van der Waals surface area contributed by atoms with Gasteiger partial charge >= 0.3 is 0 Å². The van der Waals surface area contributed by atoms with Crippen LogP contribution in [0.2, 0.25) is 0 Å². The Kier molecular flexibility index (Phi) is 5.40. The summed E-state index contributed by atoms with van der Waals surface area (Å²) in [5.41, 5.74) is 2.67. The highest BCUT2D eigenvalue weighted by Crippen LogP contribution is 2.35. The molecule has 0 N–H and O–H groups in total. The average molecular weight is 387 g/mol. The number of rotatable bonds is 5. The van der Waals surface area contributed by atoms with E-state index in [2.05, 4.69) is 0 Å². The summed E-state index contributed by atoms with van der Waals surface area (Å²) in [6, 6.07) is 14.6. The van der Waals surface area contributed by atoms with Crippen molar-refractivity contribution in [1.29, 1.82) is 0 Å². The molecule has 0 bridgehead atoms. The molecule has 5 nitrogen and oxygen atoms in total. The van der Waals surface area contributed by atoms with Gasteiger partial charge in [0, 0.05) is 31.2 Å². The Morgan fingerprint density at radius 1 is 1.19 bits per heavy atom. The number of hydrogen-bond acceptors (Lipinski definition) is 3. The van der Waals surface area contributed by atoms with Gasteiger partial charge in [-0.25, -0.2) is 8.42 Å². The molecule has 0 spiro atoms. The molecule has 0 aliphatic carbocycles. The number of carbonyl (C=O) groups excluding carboxylic acids is 1. The zero-order valence-electron chi connectivity index (χ0n) is 16.2. The number of hydrogen-bond donors (Lipinski definition) is 0. The summed E-state index contributed by atoms with van der Waals surface area (Å²) in [6.07, 6.45) is 0.665. The number of amides is 1. The molecule has 1 aliphatic rings. The highest BCUT2D eigenvalue weighted by atomic mass is 32.2. The number of fused-ring (bicyclic) bond motifs is 1. The fraction of sp³-hybridized carbons (Fsp3) is 0.381. The van der Waals surface area contributed by atoms with Gasteiger partial charge in [0.05, 0.1) is 4.90 Å². The molecule has 0 radical (unpaired) electrons. The minimum Gasteiger partial charge on any atom is -0.309 e. The van der Waals surface area contributed by atoms with Gasteiger partial charge in [0.15, 0.2) is 0 Å². The van der Waals surface area contributed by atoms with Crippen LogP contribution in [-0.4, -0.2) is 30.7 Å². The van der Waals surface area contributed by atoms with Gasteiger partial charge in [-0.2, -0.15) is 4.31 Å². The Bertz CT molecular complexity index is 939. The summed E-state index contributed by atoms with van der Waals surface area (Å²) in [6.45, 7) is 7.61. The van der Waals surface area contributed by atoms with E-state index in [1.54, 1.807) is 23.1 Å². The lowest BCUT2D eigenvalue weighted by atomic mass is 10.1. The molecule has 1 heterocycles. The smallest absolute Gasteiger partial charge is 0.243 e. The van der Waals surface area contributed by atoms with Gasteiger partial charge in [-0.15, -0.1) is 0 Å². The Labute approximate surface area is 161 Å². The van der Waals surface area contributed by atoms with Crippen LogP contribution >= 0.6 is 0 Å². The zero-order chi connectivity index (χ0) is 19.8. The van der Waals surface area contributed by atoms with E-state index in [-0.39, 0.29) is 22.9 Å². The van der Waals surface area contributed by atoms with Crippen molar-refractivity contribution in [2.45, 2.75) is 57.6 Å². The Morgan fingerprint density at radius 2 is 1.85 bits per heavy atom. The Morgan fingerprint density at radius 3 is 2.44 bits per heavy atom. The number of benzene rings is 2. The van der Waals surface area contributed by atoms with Crippen LogP contribution in [0.25, 0.3) is 0 Å². The average Bonchev–Trinajstić information content (AvgIpc) is 2.95. The van der Waals surface area contributed by atoms with Gasteiger partial charge in [-0.05, 0) is 56.5 Å². The summed E-state index contributed by atoms with van der Waals surface area (Å²) in [4.78, 5) is 13.9. The van der Waals surface area contributed by atoms with Crippen molar-refractivity contribution in [3.63, 3.8) is 0 Å². The molecule has 1 aliphatic heterocycles. The molecule has 2 aromatic rings. The molecule has 3 rings (SSSR count). The van der Waals surface area contributed by atoms with Crippen LogP contribution in [0.4, 0.5) is 5.69 Å². The van der Waals surface area contributed by atoms with Crippen LogP contribution in [-0.2, 0) is 27.8 Å². The van der Waals surface area contributed by atoms with Crippen molar-refractivity contribution < 1.29 is 13.2 Å². The zero-order valence-corrected chi connectivity index (χ0v) is 17.0. The number of carbonyl (C=O) groups is 1. The summed E-state index contributed by atoms with van der Waals surface area (Å²) in [5, 5.41) is 0. The highest BCUT2D eigenvalue weighted by molar-refractivity contribution is 7.89. The lowest BCUT2D eigenvalue weighted by Crippen LogP contribution is -2.36. The van der Waals surface area contributed by atoms with Crippen molar-refractivity contribution in [3.8, 4) is 0 Å². The molecule has 0 aromatic heterocycles. The first-order chi connectivity index (χ1) is 12.7. The third-order valence-electron chi connectivity index (χ3n) is 4.97. The van der Waals surface area contributed by atoms with E-state index in [0.717, 1.165) is 16.8 Å². The third-order valence-corrected chi connectivity index (χ3v) is 6.99. The fourth-order valence-electron chi connectivity index (χ4n) is 3.69. The summed E-state index contributed by atoms with van der Waals surface area (Å²) in [5.74, 6) is -0.0234. The number of sulfonamides is 1. The van der Waals surface area contributed by atoms with Crippen LogP contribution in [0.3, 0.4) is 0 Å². The SMILES string of the molecule is CC(=O)N1c2ccc(S(=O)(=O)N(Cc3ccccc3)C(C)C)cc2C[C@@H]1C. The third kappa shape index (κ3) is 3.77. The van der Waals surface area contributed by atoms with E-state index in [1.165, 1.54) is 11.2 Å². The van der Waals surface area contributed by atoms with E-state index < -0.39 is 10.0 Å². The molecule has 0 unspecified atom stereocenters. The molecule has 6 heteroatoms. The van der Waals surface area contributed by atoms with Crippen LogP contribution < -0.4 is 4.90 Å². The minimum absolute atomic E-state index is 0.0234. The molecule has 1 atom stereocenters. The number of nitrogens with zero attached hydrogens (tertiary/aromatic N) is 2. The van der Waals surface area contributed by atoms with Crippen LogP contribution in [0, 0.1) is 0 Å². The molecule has 27 heavy (non-hydrogen) atoms. The van der Waals surface area contributed by atoms with E-state index in [9.17, 15) is 13.2 Å². The summed E-state index contributed by atoms with van der Waals surface area (Å²) in [7, 11) is -3.65. The maximum absolute atomic E-state index is 13.3. The maximum Gasteiger partial charge on any atom is 0.243 e. The van der Waals surface area contributed by atoms with Gasteiger partial charge in [-0.1, -0.05) is 30.3 Å². The first-order valence-corrected chi connectivity index (χ1v) is 10.6. The van der Waals surface area contributed by atoms with Crippen LogP contribution in [0.5, 0.6) is 0 Å². The first kappa shape index (κ1) is 19.6. The molecule has 144 valence electrons. The van der Waals surface area contributed by atoms with Crippen molar-refractivity contribution in [1.82, 2.24) is 4.31 Å². The monoisotopic (exact) mass is 386 g/mol. The van der Waals surface area contributed by atoms with Gasteiger partial charge in [0.25, 0.3) is 0 Å². The van der Waals surface area contributed by atoms with Crippen molar-refractivity contribution in [2.75, 3.05) is 4.90 Å². The van der Waals surface area contributed by atoms with Crippen LogP contribution in [0.15, 0.2) is 53.4 Å². The molecule has 2 aromatic carbocycles. The minimum atomic E-state index is -3.65. The molecular formula is C21H26N2O3S. The Hall–Kier alpha value is -2.18. The predicted molar refractivity (Wildman–Crippen MR) is 107 cm³/mol. The number of anilines is 1. The quantitative estimate of drug-likeness (QED) is 0.789. The van der Waals surface area contributed by atoms with Gasteiger partial charge in [0.2, 0.25) is 15.9 Å². The van der Waals surface area contributed by atoms with Crippen molar-refractivity contribution in [2.24, 2.45) is 0 Å². The molecule has 0 saturated heterocycles. The molecule has 0 fully saturated rings. The highest BCUT2D eigenvalue weighted by Gasteiger charge is 2.32. The van der Waals surface area contributed by atoms with Crippen LogP contribution in [0.1, 0.15) is 38.8 Å². The topological polar surface area (TPSA) is 57.7 Å². The van der Waals surface area contributed by atoms with Gasteiger partial charge < -0.3 is 4.90 Å². The molecule has 1 amide bonds. The Balaban J connectivity index is 1.96. The van der Waals surface area contributed by atoms with E-state index in [1.807, 2.05) is 51.1 Å². The van der Waals surface area contributed by atoms with E-state index >= 15 is 0 Å². The second kappa shape index (κ2) is 7.44. The van der Waals surface area contributed by atoms with Crippen molar-refractivity contribution >= 4 is 21.6 Å². The first-order valence-electron chi connectivity index (χ1n) is 9.20. The normalized spacial score (nSPS) is 16.8. The van der Waals surface area contributed by atoms with E-state index in [0.29, 0.717) is 13.0 Å². The van der Waals surface area contributed by atoms with Crippen molar-refractivity contribution in [3.05, 3.63) is 59.7 Å². The second-order valence-corrected chi connectivity index (χ2v) is 9.25. The maximum atomic E-state index is 13.3. The summed E-state index contributed by atoms with van der Waals surface area (Å²) < 4.78 is 28.2. The second-order valence-electron chi connectivity index (χ2n) is 7.36. The standard InChI is InChI=1S/C21H26N2O3S/c1-15(2)22(14-18-8-6-5-7-9-18)27(25,26)20-10-11-21-19(13-20)12-16(3)23(21)17(4)24/h5-11,13,15-16H,12,14H2,1-4H3/t16-/m0/s1. The molecule has 0 saturated carbocycles. The fourth-order valence-corrected chi connectivity index (χ4v) is 5.37. The lowest BCUT2D eigenvalue weighted by Gasteiger charge is -2.26. The van der Waals surface area contributed by atoms with Gasteiger partial charge in [0.1, 0.15) is 0 Å². The largest absolute Gasteiger partial charge is 0.309 e.